The second-order valence-electron chi connectivity index (χ2n) is 3.80. The Hall–Kier alpha value is -1.23. The van der Waals surface area contributed by atoms with Crippen LogP contribution in [0, 0.1) is 12.7 Å². The largest absolute Gasteiger partial charge is 0.332 e. The fraction of sp³-hybridized carbons (Fsp3) is 0.417. The average Bonchev–Trinajstić information content (AvgIpc) is 2.31. The molecule has 0 heterocycles. The molecule has 0 saturated carbocycles. The van der Waals surface area contributed by atoms with Crippen molar-refractivity contribution in [2.75, 3.05) is 19.0 Å². The summed E-state index contributed by atoms with van der Waals surface area (Å²) in [6.45, 7) is 0.855. The molecular weight excluding hydrogens is 267 g/mol. The van der Waals surface area contributed by atoms with Crippen molar-refractivity contribution in [3.63, 3.8) is 0 Å². The van der Waals surface area contributed by atoms with Gasteiger partial charge in [-0.3, -0.25) is 4.79 Å². The first-order valence-corrected chi connectivity index (χ1v) is 5.88. The van der Waals surface area contributed by atoms with Gasteiger partial charge in [-0.1, -0.05) is 0 Å². The molecule has 1 rings (SSSR count). The maximum Gasteiger partial charge on any atom is 0.255 e. The molecule has 1 amide bonds. The maximum absolute atomic E-state index is 13.1. The monoisotopic (exact) mass is 279 g/mol. The Morgan fingerprint density at radius 3 is 2.61 bits per heavy atom. The minimum atomic E-state index is -2.63. The lowest BCUT2D eigenvalue weighted by molar-refractivity contribution is 0.0571. The number of rotatable bonds is 5. The molecule has 1 aromatic rings. The van der Waals surface area contributed by atoms with Gasteiger partial charge in [-0.2, -0.15) is 0 Å². The molecular formula is C12H13ClF3NO. The second-order valence-corrected chi connectivity index (χ2v) is 4.17. The molecule has 0 N–H and O–H groups in total. The molecule has 18 heavy (non-hydrogen) atoms. The summed E-state index contributed by atoms with van der Waals surface area (Å²) in [4.78, 5) is 12.9. The molecule has 0 unspecified atom stereocenters. The number of hydrogen-bond acceptors (Lipinski definition) is 1. The second kappa shape index (κ2) is 6.64. The molecule has 0 aromatic heterocycles. The third-order valence-electron chi connectivity index (χ3n) is 2.40. The molecule has 1 aromatic carbocycles. The van der Waals surface area contributed by atoms with Crippen molar-refractivity contribution in [1.29, 1.82) is 0 Å². The number of aryl methyl sites for hydroxylation is 1. The standard InChI is InChI=1S/C12H13ClF3NO/c1-8-6-9(2-3-10(8)14)12(18)17(5-4-13)7-11(15)16/h2-3,6,11H,4-5,7H2,1H3. The molecule has 100 valence electrons. The predicted molar refractivity (Wildman–Crippen MR) is 63.8 cm³/mol. The first-order chi connectivity index (χ1) is 8.45. The van der Waals surface area contributed by atoms with Crippen molar-refractivity contribution in [1.82, 2.24) is 4.90 Å². The van der Waals surface area contributed by atoms with Crippen LogP contribution in [0.25, 0.3) is 0 Å². The van der Waals surface area contributed by atoms with Crippen LogP contribution in [0.4, 0.5) is 13.2 Å². The minimum absolute atomic E-state index is 0.0289. The summed E-state index contributed by atoms with van der Waals surface area (Å²) in [5.41, 5.74) is 0.475. The van der Waals surface area contributed by atoms with Crippen molar-refractivity contribution >= 4 is 17.5 Å². The van der Waals surface area contributed by atoms with E-state index in [0.717, 1.165) is 11.0 Å². The smallest absolute Gasteiger partial charge is 0.255 e. The number of alkyl halides is 3. The van der Waals surface area contributed by atoms with E-state index in [0.29, 0.717) is 5.56 Å². The molecule has 2 nitrogen and oxygen atoms in total. The summed E-state index contributed by atoms with van der Waals surface area (Å²) in [6, 6.07) is 3.76. The van der Waals surface area contributed by atoms with Crippen LogP contribution in [-0.4, -0.2) is 36.2 Å². The zero-order valence-electron chi connectivity index (χ0n) is 9.80. The highest BCUT2D eigenvalue weighted by molar-refractivity contribution is 6.18. The summed E-state index contributed by atoms with van der Waals surface area (Å²) in [5.74, 6) is -0.943. The van der Waals surface area contributed by atoms with Gasteiger partial charge in [-0.25, -0.2) is 13.2 Å². The Morgan fingerprint density at radius 2 is 2.11 bits per heavy atom. The molecule has 0 aliphatic heterocycles. The zero-order chi connectivity index (χ0) is 13.7. The number of nitrogens with zero attached hydrogens (tertiary/aromatic N) is 1. The molecule has 0 aliphatic carbocycles. The van der Waals surface area contributed by atoms with Crippen LogP contribution in [0.5, 0.6) is 0 Å². The van der Waals surface area contributed by atoms with Crippen LogP contribution >= 0.6 is 11.6 Å². The summed E-state index contributed by atoms with van der Waals surface area (Å²) < 4.78 is 37.7. The van der Waals surface area contributed by atoms with Gasteiger partial charge in [0.15, 0.2) is 0 Å². The normalized spacial score (nSPS) is 10.8. The fourth-order valence-corrected chi connectivity index (χ4v) is 1.71. The molecule has 0 atom stereocenters. The molecule has 0 spiro atoms. The van der Waals surface area contributed by atoms with Crippen molar-refractivity contribution in [3.8, 4) is 0 Å². The minimum Gasteiger partial charge on any atom is -0.332 e. The van der Waals surface area contributed by atoms with Gasteiger partial charge in [0.2, 0.25) is 0 Å². The van der Waals surface area contributed by atoms with E-state index in [4.69, 9.17) is 11.6 Å². The highest BCUT2D eigenvalue weighted by Gasteiger charge is 2.19. The van der Waals surface area contributed by atoms with Gasteiger partial charge in [0.1, 0.15) is 5.82 Å². The van der Waals surface area contributed by atoms with Crippen LogP contribution in [0.2, 0.25) is 0 Å². The number of carbonyl (C=O) groups is 1. The van der Waals surface area contributed by atoms with Gasteiger partial charge >= 0.3 is 0 Å². The SMILES string of the molecule is Cc1cc(C(=O)N(CCCl)CC(F)F)ccc1F. The van der Waals surface area contributed by atoms with E-state index in [1.54, 1.807) is 0 Å². The molecule has 6 heteroatoms. The van der Waals surface area contributed by atoms with Crippen LogP contribution in [-0.2, 0) is 0 Å². The van der Waals surface area contributed by atoms with Gasteiger partial charge < -0.3 is 4.90 Å². The van der Waals surface area contributed by atoms with Crippen molar-refractivity contribution in [2.24, 2.45) is 0 Å². The van der Waals surface area contributed by atoms with Crippen LogP contribution in [0.1, 0.15) is 15.9 Å². The van der Waals surface area contributed by atoms with Crippen molar-refractivity contribution in [3.05, 3.63) is 35.1 Å². The van der Waals surface area contributed by atoms with Gasteiger partial charge in [-0.15, -0.1) is 11.6 Å². The summed E-state index contributed by atoms with van der Waals surface area (Å²) in [5, 5.41) is 0. The van der Waals surface area contributed by atoms with E-state index in [1.165, 1.54) is 19.1 Å². The number of carbonyl (C=O) groups excluding carboxylic acids is 1. The first-order valence-electron chi connectivity index (χ1n) is 5.35. The number of hydrogen-bond donors (Lipinski definition) is 0. The van der Waals surface area contributed by atoms with Crippen LogP contribution in [0.3, 0.4) is 0 Å². The van der Waals surface area contributed by atoms with E-state index in [2.05, 4.69) is 0 Å². The summed E-state index contributed by atoms with van der Waals surface area (Å²) in [6.07, 6.45) is -2.63. The lowest BCUT2D eigenvalue weighted by atomic mass is 10.1. The molecule has 0 fully saturated rings. The number of halogens is 4. The van der Waals surface area contributed by atoms with E-state index >= 15 is 0 Å². The van der Waals surface area contributed by atoms with Crippen LogP contribution in [0.15, 0.2) is 18.2 Å². The van der Waals surface area contributed by atoms with Gasteiger partial charge in [0.25, 0.3) is 12.3 Å². The predicted octanol–water partition coefficient (Wildman–Crippen LogP) is 3.08. The van der Waals surface area contributed by atoms with Crippen LogP contribution < -0.4 is 0 Å². The Labute approximate surface area is 108 Å². The van der Waals surface area contributed by atoms with Gasteiger partial charge in [0, 0.05) is 18.0 Å². The lowest BCUT2D eigenvalue weighted by Gasteiger charge is -2.21. The van der Waals surface area contributed by atoms with E-state index in [-0.39, 0.29) is 18.0 Å². The highest BCUT2D eigenvalue weighted by Crippen LogP contribution is 2.12. The van der Waals surface area contributed by atoms with Crippen molar-refractivity contribution < 1.29 is 18.0 Å². The quantitative estimate of drug-likeness (QED) is 0.759. The molecule has 0 aliphatic rings. The van der Waals surface area contributed by atoms with E-state index in [9.17, 15) is 18.0 Å². The Balaban J connectivity index is 2.90. The first kappa shape index (κ1) is 14.8. The molecule has 0 bridgehead atoms. The third kappa shape index (κ3) is 3.91. The summed E-state index contributed by atoms with van der Waals surface area (Å²) in [7, 11) is 0. The Bertz CT molecular complexity index is 426. The number of benzene rings is 1. The van der Waals surface area contributed by atoms with Gasteiger partial charge in [0.05, 0.1) is 6.54 Å². The van der Waals surface area contributed by atoms with Crippen molar-refractivity contribution in [2.45, 2.75) is 13.3 Å². The summed E-state index contributed by atoms with van der Waals surface area (Å²) >= 11 is 5.47. The Morgan fingerprint density at radius 1 is 1.44 bits per heavy atom. The lowest BCUT2D eigenvalue weighted by Crippen LogP contribution is -2.36. The average molecular weight is 280 g/mol. The topological polar surface area (TPSA) is 20.3 Å². The highest BCUT2D eigenvalue weighted by atomic mass is 35.5. The van der Waals surface area contributed by atoms with E-state index in [1.807, 2.05) is 0 Å². The fourth-order valence-electron chi connectivity index (χ4n) is 1.50. The zero-order valence-corrected chi connectivity index (χ0v) is 10.6. The Kier molecular flexibility index (Phi) is 5.47. The third-order valence-corrected chi connectivity index (χ3v) is 2.57. The van der Waals surface area contributed by atoms with Gasteiger partial charge in [-0.05, 0) is 30.7 Å². The number of amides is 1. The van der Waals surface area contributed by atoms with E-state index < -0.39 is 24.7 Å². The molecule has 0 radical (unpaired) electrons. The molecule has 0 saturated heterocycles. The maximum atomic E-state index is 13.1.